The summed E-state index contributed by atoms with van der Waals surface area (Å²) in [6, 6.07) is 1.85. The maximum atomic E-state index is 11.9. The Morgan fingerprint density at radius 2 is 2.18 bits per heavy atom. The predicted octanol–water partition coefficient (Wildman–Crippen LogP) is 2.44. The Bertz CT molecular complexity index is 564. The number of halogens is 1. The van der Waals surface area contributed by atoms with Gasteiger partial charge < -0.3 is 5.32 Å². The first-order valence-corrected chi connectivity index (χ1v) is 5.80. The van der Waals surface area contributed by atoms with Crippen molar-refractivity contribution in [2.45, 2.75) is 13.8 Å². The van der Waals surface area contributed by atoms with Gasteiger partial charge in [0, 0.05) is 5.69 Å². The van der Waals surface area contributed by atoms with E-state index in [0.29, 0.717) is 11.3 Å². The highest BCUT2D eigenvalue weighted by Gasteiger charge is 2.11. The van der Waals surface area contributed by atoms with Gasteiger partial charge in [-0.3, -0.25) is 9.89 Å². The molecule has 2 aromatic heterocycles. The maximum absolute atomic E-state index is 11.9. The van der Waals surface area contributed by atoms with E-state index in [1.54, 1.807) is 13.1 Å². The molecule has 0 aromatic carbocycles. The molecule has 0 fully saturated rings. The Morgan fingerprint density at radius 1 is 1.41 bits per heavy atom. The Hall–Kier alpha value is -1.69. The molecule has 0 aliphatic carbocycles. The van der Waals surface area contributed by atoms with E-state index in [1.807, 2.05) is 13.0 Å². The molecule has 2 aromatic rings. The molecular weight excluding hydrogens is 284 g/mol. The molecule has 6 heteroatoms. The summed E-state index contributed by atoms with van der Waals surface area (Å²) in [5.41, 5.74) is 2.90. The van der Waals surface area contributed by atoms with E-state index in [2.05, 4.69) is 36.4 Å². The molecule has 0 unspecified atom stereocenters. The number of pyridine rings is 1. The number of carbonyl (C=O) groups is 1. The molecular formula is C11H11BrN4O. The molecule has 0 spiro atoms. The fourth-order valence-electron chi connectivity index (χ4n) is 1.40. The molecule has 17 heavy (non-hydrogen) atoms. The maximum Gasteiger partial charge on any atom is 0.259 e. The number of aromatic nitrogens is 3. The second-order valence-electron chi connectivity index (χ2n) is 3.69. The molecule has 0 atom stereocenters. The summed E-state index contributed by atoms with van der Waals surface area (Å²) >= 11 is 3.31. The zero-order valence-corrected chi connectivity index (χ0v) is 11.0. The highest BCUT2D eigenvalue weighted by atomic mass is 79.9. The summed E-state index contributed by atoms with van der Waals surface area (Å²) in [5.74, 6) is -0.195. The number of hydrogen-bond donors (Lipinski definition) is 2. The van der Waals surface area contributed by atoms with Crippen LogP contribution in [0.2, 0.25) is 0 Å². The van der Waals surface area contributed by atoms with Gasteiger partial charge in [0.25, 0.3) is 5.91 Å². The van der Waals surface area contributed by atoms with Gasteiger partial charge in [-0.2, -0.15) is 5.10 Å². The Kier molecular flexibility index (Phi) is 3.23. The van der Waals surface area contributed by atoms with Crippen LogP contribution >= 0.6 is 15.9 Å². The minimum absolute atomic E-state index is 0.195. The molecule has 1 amide bonds. The monoisotopic (exact) mass is 294 g/mol. The van der Waals surface area contributed by atoms with Crippen molar-refractivity contribution in [3.63, 3.8) is 0 Å². The summed E-state index contributed by atoms with van der Waals surface area (Å²) in [6.45, 7) is 3.71. The third-order valence-corrected chi connectivity index (χ3v) is 3.18. The van der Waals surface area contributed by atoms with E-state index in [9.17, 15) is 4.79 Å². The number of nitrogens with one attached hydrogen (secondary N) is 2. The number of aromatic amines is 1. The molecule has 5 nitrogen and oxygen atoms in total. The predicted molar refractivity (Wildman–Crippen MR) is 68.0 cm³/mol. The number of rotatable bonds is 2. The summed E-state index contributed by atoms with van der Waals surface area (Å²) in [6.07, 6.45) is 3.11. The van der Waals surface area contributed by atoms with E-state index in [1.165, 1.54) is 6.20 Å². The average molecular weight is 295 g/mol. The van der Waals surface area contributed by atoms with Gasteiger partial charge in [0.15, 0.2) is 0 Å². The van der Waals surface area contributed by atoms with Crippen molar-refractivity contribution >= 4 is 27.5 Å². The van der Waals surface area contributed by atoms with Gasteiger partial charge in [0.1, 0.15) is 4.60 Å². The molecule has 0 aliphatic rings. The zero-order chi connectivity index (χ0) is 12.4. The van der Waals surface area contributed by atoms with Crippen molar-refractivity contribution in [2.75, 3.05) is 5.32 Å². The molecule has 0 saturated carbocycles. The summed E-state index contributed by atoms with van der Waals surface area (Å²) < 4.78 is 0.773. The first-order valence-electron chi connectivity index (χ1n) is 5.01. The van der Waals surface area contributed by atoms with E-state index in [-0.39, 0.29) is 5.91 Å². The lowest BCUT2D eigenvalue weighted by Crippen LogP contribution is -2.12. The molecule has 2 rings (SSSR count). The van der Waals surface area contributed by atoms with Gasteiger partial charge in [-0.05, 0) is 41.4 Å². The number of aryl methyl sites for hydroxylation is 2. The van der Waals surface area contributed by atoms with E-state index >= 15 is 0 Å². The molecule has 0 saturated heterocycles. The second-order valence-corrected chi connectivity index (χ2v) is 4.45. The van der Waals surface area contributed by atoms with E-state index in [4.69, 9.17) is 0 Å². The highest BCUT2D eigenvalue weighted by Crippen LogP contribution is 2.17. The average Bonchev–Trinajstić information content (AvgIpc) is 2.70. The minimum atomic E-state index is -0.195. The summed E-state index contributed by atoms with van der Waals surface area (Å²) in [5, 5.41) is 9.30. The van der Waals surface area contributed by atoms with Crippen molar-refractivity contribution in [1.29, 1.82) is 0 Å². The lowest BCUT2D eigenvalue weighted by atomic mass is 10.2. The van der Waals surface area contributed by atoms with E-state index in [0.717, 1.165) is 15.9 Å². The van der Waals surface area contributed by atoms with Gasteiger partial charge in [-0.25, -0.2) is 4.98 Å². The summed E-state index contributed by atoms with van der Waals surface area (Å²) in [7, 11) is 0. The Morgan fingerprint density at radius 3 is 2.76 bits per heavy atom. The molecule has 2 heterocycles. The van der Waals surface area contributed by atoms with Crippen LogP contribution in [-0.4, -0.2) is 21.1 Å². The third kappa shape index (κ3) is 2.52. The molecule has 0 radical (unpaired) electrons. The van der Waals surface area contributed by atoms with Gasteiger partial charge in [-0.1, -0.05) is 0 Å². The van der Waals surface area contributed by atoms with Crippen LogP contribution in [0.4, 0.5) is 5.69 Å². The van der Waals surface area contributed by atoms with Crippen LogP contribution in [0.3, 0.4) is 0 Å². The lowest BCUT2D eigenvalue weighted by molar-refractivity contribution is 0.102. The summed E-state index contributed by atoms with van der Waals surface area (Å²) in [4.78, 5) is 16.0. The van der Waals surface area contributed by atoms with Crippen LogP contribution in [0.25, 0.3) is 0 Å². The smallest absolute Gasteiger partial charge is 0.259 e. The minimum Gasteiger partial charge on any atom is -0.320 e. The van der Waals surface area contributed by atoms with Crippen LogP contribution in [0, 0.1) is 13.8 Å². The first kappa shape index (κ1) is 11.8. The molecule has 88 valence electrons. The van der Waals surface area contributed by atoms with Gasteiger partial charge >= 0.3 is 0 Å². The Labute approximate surface area is 107 Å². The standard InChI is InChI=1S/C11H11BrN4O/c1-6-3-8(4-13-10(6)12)15-11(17)9-5-14-16-7(9)2/h3-5H,1-2H3,(H,14,16)(H,15,17). The van der Waals surface area contributed by atoms with Gasteiger partial charge in [0.2, 0.25) is 0 Å². The number of anilines is 1. The quantitative estimate of drug-likeness (QED) is 0.836. The van der Waals surface area contributed by atoms with Crippen LogP contribution in [0.15, 0.2) is 23.1 Å². The van der Waals surface area contributed by atoms with Crippen LogP contribution in [0.5, 0.6) is 0 Å². The number of nitrogens with zero attached hydrogens (tertiary/aromatic N) is 2. The molecule has 2 N–H and O–H groups in total. The van der Waals surface area contributed by atoms with Crippen molar-refractivity contribution in [2.24, 2.45) is 0 Å². The number of carbonyl (C=O) groups excluding carboxylic acids is 1. The molecule has 0 aliphatic heterocycles. The van der Waals surface area contributed by atoms with Crippen LogP contribution in [-0.2, 0) is 0 Å². The van der Waals surface area contributed by atoms with E-state index < -0.39 is 0 Å². The Balaban J connectivity index is 2.19. The lowest BCUT2D eigenvalue weighted by Gasteiger charge is -2.05. The fourth-order valence-corrected chi connectivity index (χ4v) is 1.62. The van der Waals surface area contributed by atoms with Crippen molar-refractivity contribution in [1.82, 2.24) is 15.2 Å². The third-order valence-electron chi connectivity index (χ3n) is 2.35. The number of H-pyrrole nitrogens is 1. The fraction of sp³-hybridized carbons (Fsp3) is 0.182. The largest absolute Gasteiger partial charge is 0.320 e. The van der Waals surface area contributed by atoms with Crippen LogP contribution < -0.4 is 5.32 Å². The van der Waals surface area contributed by atoms with Crippen molar-refractivity contribution in [3.05, 3.63) is 39.9 Å². The topological polar surface area (TPSA) is 70.7 Å². The number of hydrogen-bond acceptors (Lipinski definition) is 3. The highest BCUT2D eigenvalue weighted by molar-refractivity contribution is 9.10. The normalized spacial score (nSPS) is 10.3. The van der Waals surface area contributed by atoms with Crippen LogP contribution in [0.1, 0.15) is 21.6 Å². The van der Waals surface area contributed by atoms with Crippen molar-refractivity contribution < 1.29 is 4.79 Å². The second kappa shape index (κ2) is 4.67. The van der Waals surface area contributed by atoms with Gasteiger partial charge in [0.05, 0.1) is 23.6 Å². The molecule has 0 bridgehead atoms. The number of amides is 1. The first-order chi connectivity index (χ1) is 8.08. The van der Waals surface area contributed by atoms with Gasteiger partial charge in [-0.15, -0.1) is 0 Å². The van der Waals surface area contributed by atoms with Crippen molar-refractivity contribution in [3.8, 4) is 0 Å². The SMILES string of the molecule is Cc1cc(NC(=O)c2cn[nH]c2C)cnc1Br. The zero-order valence-electron chi connectivity index (χ0n) is 9.41.